The Kier molecular flexibility index (Phi) is 4.41. The van der Waals surface area contributed by atoms with E-state index in [4.69, 9.17) is 9.47 Å². The summed E-state index contributed by atoms with van der Waals surface area (Å²) in [6.45, 7) is 0.711. The first-order valence-electron chi connectivity index (χ1n) is 7.50. The summed E-state index contributed by atoms with van der Waals surface area (Å²) in [6.07, 6.45) is 2.92. The Morgan fingerprint density at radius 1 is 1.24 bits per heavy atom. The zero-order chi connectivity index (χ0) is 14.7. The van der Waals surface area contributed by atoms with Crippen molar-refractivity contribution in [3.8, 4) is 0 Å². The predicted molar refractivity (Wildman–Crippen MR) is 76.7 cm³/mol. The zero-order valence-electron chi connectivity index (χ0n) is 12.0. The molecule has 0 bridgehead atoms. The molecule has 114 valence electrons. The smallest absolute Gasteiger partial charge is 0.410 e. The number of carbonyl (C=O) groups is 1. The molecule has 1 aliphatic carbocycles. The van der Waals surface area contributed by atoms with E-state index in [1.807, 2.05) is 30.3 Å². The van der Waals surface area contributed by atoms with Gasteiger partial charge in [-0.25, -0.2) is 4.79 Å². The zero-order valence-corrected chi connectivity index (χ0v) is 12.0. The van der Waals surface area contributed by atoms with E-state index in [-0.39, 0.29) is 31.5 Å². The predicted octanol–water partition coefficient (Wildman–Crippen LogP) is 1.94. The number of hydrogen-bond donors (Lipinski definition) is 1. The Labute approximate surface area is 124 Å². The van der Waals surface area contributed by atoms with Crippen molar-refractivity contribution in [2.24, 2.45) is 0 Å². The lowest BCUT2D eigenvalue weighted by molar-refractivity contribution is 0.0425. The van der Waals surface area contributed by atoms with Crippen LogP contribution in [0.1, 0.15) is 24.8 Å². The average Bonchev–Trinajstić information content (AvgIpc) is 3.23. The average molecular weight is 291 g/mol. The van der Waals surface area contributed by atoms with Crippen LogP contribution in [-0.4, -0.2) is 47.5 Å². The van der Waals surface area contributed by atoms with Crippen LogP contribution in [0.15, 0.2) is 30.3 Å². The van der Waals surface area contributed by atoms with Gasteiger partial charge in [-0.3, -0.25) is 0 Å². The fourth-order valence-corrected chi connectivity index (χ4v) is 2.65. The first-order chi connectivity index (χ1) is 10.3. The van der Waals surface area contributed by atoms with Gasteiger partial charge in [0.2, 0.25) is 0 Å². The minimum absolute atomic E-state index is 0.0268. The van der Waals surface area contributed by atoms with Crippen LogP contribution in [0.4, 0.5) is 4.79 Å². The Bertz CT molecular complexity index is 474. The normalized spacial score (nSPS) is 25.1. The van der Waals surface area contributed by atoms with Crippen LogP contribution in [-0.2, 0) is 16.1 Å². The van der Waals surface area contributed by atoms with Gasteiger partial charge < -0.3 is 19.5 Å². The Morgan fingerprint density at radius 3 is 2.67 bits per heavy atom. The molecule has 3 rings (SSSR count). The molecule has 2 fully saturated rings. The number of carbonyl (C=O) groups excluding carboxylic acids is 1. The molecular formula is C16H21NO4. The number of benzene rings is 1. The van der Waals surface area contributed by atoms with Crippen LogP contribution in [0.5, 0.6) is 0 Å². The molecule has 0 spiro atoms. The largest absolute Gasteiger partial charge is 0.445 e. The SMILES string of the molecule is O=C(OCc1ccccc1)N1CC(OC2CC2)CC1CO. The van der Waals surface area contributed by atoms with Gasteiger partial charge in [0, 0.05) is 0 Å². The van der Waals surface area contributed by atoms with Gasteiger partial charge >= 0.3 is 6.09 Å². The van der Waals surface area contributed by atoms with Crippen molar-refractivity contribution in [1.82, 2.24) is 4.90 Å². The van der Waals surface area contributed by atoms with Crippen molar-refractivity contribution in [3.05, 3.63) is 35.9 Å². The summed E-state index contributed by atoms with van der Waals surface area (Å²) < 4.78 is 11.2. The molecule has 1 amide bonds. The van der Waals surface area contributed by atoms with Gasteiger partial charge in [-0.15, -0.1) is 0 Å². The number of hydrogen-bond acceptors (Lipinski definition) is 4. The summed E-state index contributed by atoms with van der Waals surface area (Å²) >= 11 is 0. The van der Waals surface area contributed by atoms with E-state index in [0.717, 1.165) is 18.4 Å². The molecule has 1 saturated heterocycles. The molecule has 2 unspecified atom stereocenters. The summed E-state index contributed by atoms with van der Waals surface area (Å²) in [5, 5.41) is 9.43. The first kappa shape index (κ1) is 14.4. The van der Waals surface area contributed by atoms with Gasteiger partial charge in [0.15, 0.2) is 0 Å². The third-order valence-electron chi connectivity index (χ3n) is 3.94. The number of ether oxygens (including phenoxy) is 2. The van der Waals surface area contributed by atoms with Gasteiger partial charge in [-0.05, 0) is 24.8 Å². The highest BCUT2D eigenvalue weighted by Gasteiger charge is 2.39. The highest BCUT2D eigenvalue weighted by Crippen LogP contribution is 2.30. The second-order valence-corrected chi connectivity index (χ2v) is 5.72. The topological polar surface area (TPSA) is 59.0 Å². The maximum Gasteiger partial charge on any atom is 0.410 e. The lowest BCUT2D eigenvalue weighted by atomic mass is 10.2. The minimum atomic E-state index is -0.375. The summed E-state index contributed by atoms with van der Waals surface area (Å²) in [6, 6.07) is 9.38. The lowest BCUT2D eigenvalue weighted by Crippen LogP contribution is -2.38. The number of amides is 1. The van der Waals surface area contributed by atoms with Gasteiger partial charge in [-0.1, -0.05) is 30.3 Å². The van der Waals surface area contributed by atoms with Crippen LogP contribution >= 0.6 is 0 Å². The highest BCUT2D eigenvalue weighted by atomic mass is 16.6. The molecule has 21 heavy (non-hydrogen) atoms. The molecule has 5 nitrogen and oxygen atoms in total. The van der Waals surface area contributed by atoms with Gasteiger partial charge in [0.1, 0.15) is 6.61 Å². The Hall–Kier alpha value is -1.59. The first-order valence-corrected chi connectivity index (χ1v) is 7.50. The standard InChI is InChI=1S/C16H21NO4/c18-10-13-8-15(21-14-6-7-14)9-17(13)16(19)20-11-12-4-2-1-3-5-12/h1-5,13-15,18H,6-11H2. The van der Waals surface area contributed by atoms with Crippen LogP contribution in [0, 0.1) is 0 Å². The number of aliphatic hydroxyl groups excluding tert-OH is 1. The third-order valence-corrected chi connectivity index (χ3v) is 3.94. The Balaban J connectivity index is 1.52. The van der Waals surface area contributed by atoms with Crippen molar-refractivity contribution in [2.75, 3.05) is 13.2 Å². The molecule has 1 aromatic rings. The van der Waals surface area contributed by atoms with E-state index in [2.05, 4.69) is 0 Å². The van der Waals surface area contributed by atoms with Crippen LogP contribution in [0.25, 0.3) is 0 Å². The van der Waals surface area contributed by atoms with Gasteiger partial charge in [0.25, 0.3) is 0 Å². The third kappa shape index (κ3) is 3.74. The molecule has 5 heteroatoms. The van der Waals surface area contributed by atoms with Crippen molar-refractivity contribution in [3.63, 3.8) is 0 Å². The van der Waals surface area contributed by atoms with E-state index in [0.29, 0.717) is 19.1 Å². The number of likely N-dealkylation sites (tertiary alicyclic amines) is 1. The van der Waals surface area contributed by atoms with Crippen molar-refractivity contribution >= 4 is 6.09 Å². The van der Waals surface area contributed by atoms with E-state index >= 15 is 0 Å². The Morgan fingerprint density at radius 2 is 2.00 bits per heavy atom. The maximum absolute atomic E-state index is 12.2. The highest BCUT2D eigenvalue weighted by molar-refractivity contribution is 5.68. The van der Waals surface area contributed by atoms with Gasteiger partial charge in [-0.2, -0.15) is 0 Å². The molecule has 1 heterocycles. The quantitative estimate of drug-likeness (QED) is 0.900. The molecular weight excluding hydrogens is 270 g/mol. The molecule has 1 aromatic carbocycles. The van der Waals surface area contributed by atoms with Crippen LogP contribution in [0.3, 0.4) is 0 Å². The maximum atomic E-state index is 12.2. The van der Waals surface area contributed by atoms with Crippen LogP contribution < -0.4 is 0 Å². The second-order valence-electron chi connectivity index (χ2n) is 5.72. The van der Waals surface area contributed by atoms with E-state index in [1.54, 1.807) is 4.90 Å². The van der Waals surface area contributed by atoms with E-state index in [1.165, 1.54) is 0 Å². The summed E-state index contributed by atoms with van der Waals surface area (Å²) in [5.74, 6) is 0. The number of rotatable bonds is 5. The lowest BCUT2D eigenvalue weighted by Gasteiger charge is -2.22. The van der Waals surface area contributed by atoms with E-state index < -0.39 is 0 Å². The van der Waals surface area contributed by atoms with Gasteiger partial charge in [0.05, 0.1) is 31.4 Å². The second kappa shape index (κ2) is 6.45. The van der Waals surface area contributed by atoms with Crippen LogP contribution in [0.2, 0.25) is 0 Å². The molecule has 1 saturated carbocycles. The number of aliphatic hydroxyl groups is 1. The van der Waals surface area contributed by atoms with Crippen molar-refractivity contribution in [1.29, 1.82) is 0 Å². The summed E-state index contributed by atoms with van der Waals surface area (Å²) in [4.78, 5) is 13.8. The monoisotopic (exact) mass is 291 g/mol. The van der Waals surface area contributed by atoms with E-state index in [9.17, 15) is 9.90 Å². The fourth-order valence-electron chi connectivity index (χ4n) is 2.65. The number of nitrogens with zero attached hydrogens (tertiary/aromatic N) is 1. The summed E-state index contributed by atoms with van der Waals surface area (Å²) in [5.41, 5.74) is 0.955. The molecule has 0 radical (unpaired) electrons. The van der Waals surface area contributed by atoms with Crippen molar-refractivity contribution in [2.45, 2.75) is 44.1 Å². The molecule has 2 atom stereocenters. The molecule has 0 aromatic heterocycles. The molecule has 2 aliphatic rings. The minimum Gasteiger partial charge on any atom is -0.445 e. The summed E-state index contributed by atoms with van der Waals surface area (Å²) in [7, 11) is 0. The fraction of sp³-hybridized carbons (Fsp3) is 0.562. The molecule has 1 aliphatic heterocycles. The van der Waals surface area contributed by atoms with Crippen molar-refractivity contribution < 1.29 is 19.4 Å². The molecule has 1 N–H and O–H groups in total.